The molecule has 1 saturated carbocycles. The molecule has 0 bridgehead atoms. The van der Waals surface area contributed by atoms with Crippen molar-refractivity contribution in [2.45, 2.75) is 112 Å². The Kier molecular flexibility index (Phi) is 6.35. The van der Waals surface area contributed by atoms with Gasteiger partial charge in [-0.25, -0.2) is 0 Å². The third kappa shape index (κ3) is 3.66. The van der Waals surface area contributed by atoms with E-state index in [0.717, 1.165) is 29.6 Å². The van der Waals surface area contributed by atoms with Gasteiger partial charge in [0.1, 0.15) is 0 Å². The molecule has 30 heavy (non-hydrogen) atoms. The van der Waals surface area contributed by atoms with Crippen LogP contribution in [0, 0.1) is 40.4 Å². The molecule has 4 aliphatic rings. The zero-order valence-electron chi connectivity index (χ0n) is 21.0. The Balaban J connectivity index is 1.52. The molecule has 1 nitrogen and oxygen atoms in total. The van der Waals surface area contributed by atoms with E-state index in [1.807, 2.05) is 18.3 Å². The van der Waals surface area contributed by atoms with Crippen LogP contribution in [0.25, 0.3) is 0 Å². The van der Waals surface area contributed by atoms with E-state index < -0.39 is 0 Å². The van der Waals surface area contributed by atoms with Crippen LogP contribution in [0.2, 0.25) is 0 Å². The van der Waals surface area contributed by atoms with Gasteiger partial charge in [0.2, 0.25) is 0 Å². The summed E-state index contributed by atoms with van der Waals surface area (Å²) in [5, 5.41) is 0. The normalized spacial score (nSPS) is 40.5. The average Bonchev–Trinajstić information content (AvgIpc) is 3.08. The second kappa shape index (κ2) is 8.42. The number of rotatable bonds is 6. The first kappa shape index (κ1) is 22.6. The molecule has 7 unspecified atom stereocenters. The SMILES string of the molecule is COC1CCC2(C)C3=C(CCC2C1)C1=CCC(C(C)CCC(C)C(C)C)C1(C)CC3. The molecular formula is C29H48O. The number of ether oxygens (including phenoxy) is 1. The molecule has 4 aliphatic carbocycles. The van der Waals surface area contributed by atoms with Crippen molar-refractivity contribution in [2.75, 3.05) is 7.11 Å². The van der Waals surface area contributed by atoms with Crippen molar-refractivity contribution in [3.63, 3.8) is 0 Å². The van der Waals surface area contributed by atoms with Crippen LogP contribution in [0.3, 0.4) is 0 Å². The summed E-state index contributed by atoms with van der Waals surface area (Å²) in [6.07, 6.45) is 16.7. The van der Waals surface area contributed by atoms with Crippen molar-refractivity contribution in [3.8, 4) is 0 Å². The molecule has 7 atom stereocenters. The van der Waals surface area contributed by atoms with Gasteiger partial charge in [-0.3, -0.25) is 0 Å². The van der Waals surface area contributed by atoms with Crippen LogP contribution in [-0.4, -0.2) is 13.2 Å². The Morgan fingerprint density at radius 1 is 1.00 bits per heavy atom. The number of hydrogen-bond donors (Lipinski definition) is 0. The van der Waals surface area contributed by atoms with Crippen molar-refractivity contribution < 1.29 is 4.74 Å². The summed E-state index contributed by atoms with van der Waals surface area (Å²) >= 11 is 0. The van der Waals surface area contributed by atoms with E-state index >= 15 is 0 Å². The third-order valence-corrected chi connectivity index (χ3v) is 10.7. The van der Waals surface area contributed by atoms with E-state index in [4.69, 9.17) is 4.74 Å². The smallest absolute Gasteiger partial charge is 0.0574 e. The maximum atomic E-state index is 5.77. The minimum absolute atomic E-state index is 0.437. The molecule has 0 radical (unpaired) electrons. The number of hydrogen-bond acceptors (Lipinski definition) is 1. The molecule has 1 fully saturated rings. The Labute approximate surface area is 187 Å². The standard InChI is InChI=1S/C29H48O/c1-19(2)20(3)8-9-21(4)25-12-13-26-24-11-10-22-18-23(30-7)14-16-28(22,5)27(24)15-17-29(25,26)6/h13,19-23,25H,8-12,14-18H2,1-7H3. The summed E-state index contributed by atoms with van der Waals surface area (Å²) in [5.74, 6) is 4.21. The van der Waals surface area contributed by atoms with Crippen molar-refractivity contribution in [1.29, 1.82) is 0 Å². The monoisotopic (exact) mass is 412 g/mol. The molecule has 0 amide bonds. The Morgan fingerprint density at radius 2 is 1.77 bits per heavy atom. The second-order valence-electron chi connectivity index (χ2n) is 12.4. The average molecular weight is 413 g/mol. The summed E-state index contributed by atoms with van der Waals surface area (Å²) in [7, 11) is 1.92. The Morgan fingerprint density at radius 3 is 2.47 bits per heavy atom. The van der Waals surface area contributed by atoms with E-state index in [-0.39, 0.29) is 0 Å². The largest absolute Gasteiger partial charge is 0.381 e. The van der Waals surface area contributed by atoms with E-state index in [9.17, 15) is 0 Å². The maximum absolute atomic E-state index is 5.77. The van der Waals surface area contributed by atoms with Crippen LogP contribution in [0.5, 0.6) is 0 Å². The van der Waals surface area contributed by atoms with Gasteiger partial charge in [-0.15, -0.1) is 0 Å². The van der Waals surface area contributed by atoms with Crippen molar-refractivity contribution in [1.82, 2.24) is 0 Å². The van der Waals surface area contributed by atoms with Gasteiger partial charge in [-0.1, -0.05) is 66.0 Å². The van der Waals surface area contributed by atoms with Gasteiger partial charge >= 0.3 is 0 Å². The van der Waals surface area contributed by atoms with Crippen LogP contribution in [0.4, 0.5) is 0 Å². The minimum Gasteiger partial charge on any atom is -0.381 e. The summed E-state index contributed by atoms with van der Waals surface area (Å²) in [6.45, 7) is 15.0. The highest BCUT2D eigenvalue weighted by molar-refractivity contribution is 5.49. The predicted molar refractivity (Wildman–Crippen MR) is 128 cm³/mol. The van der Waals surface area contributed by atoms with Crippen LogP contribution in [0.1, 0.15) is 106 Å². The molecule has 0 aromatic rings. The maximum Gasteiger partial charge on any atom is 0.0574 e. The lowest BCUT2D eigenvalue weighted by Gasteiger charge is -2.54. The summed E-state index contributed by atoms with van der Waals surface area (Å²) in [5.41, 5.74) is 6.38. The molecule has 0 heterocycles. The van der Waals surface area contributed by atoms with Gasteiger partial charge in [0.05, 0.1) is 6.10 Å². The molecule has 4 rings (SSSR count). The van der Waals surface area contributed by atoms with E-state index in [1.54, 1.807) is 5.57 Å². The summed E-state index contributed by atoms with van der Waals surface area (Å²) in [6, 6.07) is 0. The zero-order chi connectivity index (χ0) is 21.7. The van der Waals surface area contributed by atoms with Crippen molar-refractivity contribution in [2.24, 2.45) is 40.4 Å². The molecule has 0 aromatic carbocycles. The molecular weight excluding hydrogens is 364 g/mol. The minimum atomic E-state index is 0.437. The van der Waals surface area contributed by atoms with Gasteiger partial charge in [0.15, 0.2) is 0 Å². The lowest BCUT2D eigenvalue weighted by atomic mass is 9.51. The van der Waals surface area contributed by atoms with Gasteiger partial charge in [-0.2, -0.15) is 0 Å². The molecule has 0 spiro atoms. The molecule has 0 aliphatic heterocycles. The molecule has 1 heteroatoms. The van der Waals surface area contributed by atoms with Crippen LogP contribution < -0.4 is 0 Å². The predicted octanol–water partition coefficient (Wildman–Crippen LogP) is 8.35. The number of allylic oxidation sites excluding steroid dienone is 4. The Bertz CT molecular complexity index is 699. The van der Waals surface area contributed by atoms with Gasteiger partial charge in [-0.05, 0) is 103 Å². The number of methoxy groups -OCH3 is 1. The van der Waals surface area contributed by atoms with E-state index in [0.29, 0.717) is 16.9 Å². The van der Waals surface area contributed by atoms with Gasteiger partial charge in [0.25, 0.3) is 0 Å². The van der Waals surface area contributed by atoms with Gasteiger partial charge in [0, 0.05) is 7.11 Å². The molecule has 0 aromatic heterocycles. The summed E-state index contributed by atoms with van der Waals surface area (Å²) < 4.78 is 5.77. The highest BCUT2D eigenvalue weighted by Crippen LogP contribution is 2.64. The topological polar surface area (TPSA) is 9.23 Å². The second-order valence-corrected chi connectivity index (χ2v) is 12.4. The fraction of sp³-hybridized carbons (Fsp3) is 0.862. The van der Waals surface area contributed by atoms with Crippen molar-refractivity contribution in [3.05, 3.63) is 22.8 Å². The lowest BCUT2D eigenvalue weighted by Crippen LogP contribution is -2.44. The zero-order valence-corrected chi connectivity index (χ0v) is 21.0. The first-order valence-corrected chi connectivity index (χ1v) is 13.2. The van der Waals surface area contributed by atoms with Crippen LogP contribution >= 0.6 is 0 Å². The van der Waals surface area contributed by atoms with E-state index in [1.165, 1.54) is 64.2 Å². The first-order valence-electron chi connectivity index (χ1n) is 13.2. The van der Waals surface area contributed by atoms with Crippen LogP contribution in [0.15, 0.2) is 22.8 Å². The fourth-order valence-corrected chi connectivity index (χ4v) is 7.99. The highest BCUT2D eigenvalue weighted by Gasteiger charge is 2.53. The van der Waals surface area contributed by atoms with Crippen molar-refractivity contribution >= 4 is 0 Å². The highest BCUT2D eigenvalue weighted by atomic mass is 16.5. The van der Waals surface area contributed by atoms with Crippen LogP contribution in [-0.2, 0) is 4.74 Å². The summed E-state index contributed by atoms with van der Waals surface area (Å²) in [4.78, 5) is 0. The van der Waals surface area contributed by atoms with Gasteiger partial charge < -0.3 is 4.74 Å². The first-order chi connectivity index (χ1) is 14.2. The van der Waals surface area contributed by atoms with E-state index in [2.05, 4.69) is 47.6 Å². The third-order valence-electron chi connectivity index (χ3n) is 10.7. The quantitative estimate of drug-likeness (QED) is 0.426. The molecule has 170 valence electrons. The molecule has 0 saturated heterocycles. The number of fused-ring (bicyclic) bond motifs is 4. The Hall–Kier alpha value is -0.560. The lowest BCUT2D eigenvalue weighted by molar-refractivity contribution is -0.00409. The molecule has 0 N–H and O–H groups in total. The fourth-order valence-electron chi connectivity index (χ4n) is 7.99.